The molecule has 10 rings (SSSR count). The van der Waals surface area contributed by atoms with Crippen LogP contribution < -0.4 is 15.5 Å². The largest absolute Gasteiger partial charge is 0.416 e. The normalized spacial score (nSPS) is 16.2. The lowest BCUT2D eigenvalue weighted by atomic mass is 9.57. The van der Waals surface area contributed by atoms with Crippen LogP contribution in [-0.2, 0) is 5.41 Å². The third kappa shape index (κ3) is 5.12. The third-order valence-corrected chi connectivity index (χ3v) is 11.3. The van der Waals surface area contributed by atoms with Crippen LogP contribution in [0.25, 0.3) is 39.2 Å². The van der Waals surface area contributed by atoms with Gasteiger partial charge < -0.3 is 10.0 Å². The average molecular weight is 684 g/mol. The first-order valence-electron chi connectivity index (χ1n) is 18.6. The molecule has 0 amide bonds. The second-order valence-corrected chi connectivity index (χ2v) is 14.7. The summed E-state index contributed by atoms with van der Waals surface area (Å²) >= 11 is 0. The number of benzene rings is 5. The molecule has 0 unspecified atom stereocenters. The molecule has 0 radical (unpaired) electrons. The van der Waals surface area contributed by atoms with Crippen LogP contribution in [0.4, 0.5) is 17.3 Å². The van der Waals surface area contributed by atoms with Crippen molar-refractivity contribution in [3.63, 3.8) is 0 Å². The molecule has 6 heteroatoms. The Balaban J connectivity index is 1.24. The molecular weight excluding hydrogens is 645 g/mol. The number of nitrogens with zero attached hydrogens (tertiary/aromatic N) is 4. The van der Waals surface area contributed by atoms with Gasteiger partial charge in [0.15, 0.2) is 11.6 Å². The molecule has 0 saturated heterocycles. The van der Waals surface area contributed by atoms with E-state index in [9.17, 15) is 0 Å². The Labute approximate surface area is 311 Å². The van der Waals surface area contributed by atoms with Gasteiger partial charge in [-0.3, -0.25) is 0 Å². The zero-order valence-electron chi connectivity index (χ0n) is 29.9. The first kappa shape index (κ1) is 31.5. The quantitative estimate of drug-likeness (QED) is 0.177. The Morgan fingerprint density at radius 2 is 1.36 bits per heavy atom. The van der Waals surface area contributed by atoms with Gasteiger partial charge in [0, 0.05) is 39.4 Å². The summed E-state index contributed by atoms with van der Waals surface area (Å²) in [7, 11) is 0. The van der Waals surface area contributed by atoms with Gasteiger partial charge in [0.1, 0.15) is 0 Å². The molecule has 0 spiro atoms. The average Bonchev–Trinajstić information content (AvgIpc) is 3.84. The molecule has 0 saturated carbocycles. The van der Waals surface area contributed by atoms with Crippen LogP contribution in [0, 0.1) is 0 Å². The van der Waals surface area contributed by atoms with E-state index in [1.165, 1.54) is 44.4 Å². The van der Waals surface area contributed by atoms with Crippen LogP contribution in [0.1, 0.15) is 55.1 Å². The van der Waals surface area contributed by atoms with Crippen molar-refractivity contribution in [2.75, 3.05) is 10.0 Å². The monoisotopic (exact) mass is 683 g/mol. The highest BCUT2D eigenvalue weighted by atomic mass is 15.2. The number of allylic oxidation sites excluding steroid dienone is 8. The second kappa shape index (κ2) is 12.5. The van der Waals surface area contributed by atoms with E-state index in [4.69, 9.17) is 15.0 Å². The van der Waals surface area contributed by atoms with E-state index in [1.54, 1.807) is 0 Å². The number of para-hydroxylation sites is 1. The van der Waals surface area contributed by atoms with Crippen molar-refractivity contribution in [3.8, 4) is 33.6 Å². The molecule has 254 valence electrons. The van der Waals surface area contributed by atoms with E-state index in [1.807, 2.05) is 18.2 Å². The number of anilines is 3. The summed E-state index contributed by atoms with van der Waals surface area (Å²) in [5.74, 6) is 2.06. The van der Waals surface area contributed by atoms with Gasteiger partial charge in [-0.15, -0.1) is 0 Å². The minimum atomic E-state index is -0.347. The van der Waals surface area contributed by atoms with Gasteiger partial charge in [0.05, 0.1) is 0 Å². The highest BCUT2D eigenvalue weighted by Gasteiger charge is 2.44. The molecule has 3 aliphatic carbocycles. The Bertz CT molecular complexity index is 2530. The van der Waals surface area contributed by atoms with Gasteiger partial charge in [-0.2, -0.15) is 9.97 Å². The highest BCUT2D eigenvalue weighted by molar-refractivity contribution is 6.83. The summed E-state index contributed by atoms with van der Waals surface area (Å²) in [6.45, 7) is 4.35. The summed E-state index contributed by atoms with van der Waals surface area (Å²) in [6, 6.07) is 41.6. The lowest BCUT2D eigenvalue weighted by Gasteiger charge is -2.40. The fourth-order valence-corrected chi connectivity index (χ4v) is 8.79. The van der Waals surface area contributed by atoms with Crippen molar-refractivity contribution >= 4 is 35.3 Å². The molecule has 0 bridgehead atoms. The SMILES string of the molecule is CC1(C)c2ccccc2-c2c(N3B(Nc4nc(C5=CC=CCC5)nc(-c5ccccc5)n4)c4c(cccc4C4C=CC=C4)-c4ccccc43)cccc21. The predicted octanol–water partition coefficient (Wildman–Crippen LogP) is 10.4. The zero-order chi connectivity index (χ0) is 35.5. The van der Waals surface area contributed by atoms with E-state index in [0.29, 0.717) is 17.6 Å². The highest BCUT2D eigenvalue weighted by Crippen LogP contribution is 2.54. The Kier molecular flexibility index (Phi) is 7.39. The number of hydrogen-bond donors (Lipinski definition) is 1. The van der Waals surface area contributed by atoms with Crippen LogP contribution >= 0.6 is 0 Å². The van der Waals surface area contributed by atoms with Gasteiger partial charge >= 0.3 is 6.98 Å². The Morgan fingerprint density at radius 1 is 0.660 bits per heavy atom. The molecule has 2 heterocycles. The lowest BCUT2D eigenvalue weighted by Crippen LogP contribution is -2.57. The number of aromatic nitrogens is 3. The molecule has 53 heavy (non-hydrogen) atoms. The summed E-state index contributed by atoms with van der Waals surface area (Å²) < 4.78 is 0. The zero-order valence-corrected chi connectivity index (χ0v) is 29.9. The Morgan fingerprint density at radius 3 is 2.19 bits per heavy atom. The molecular formula is C47H38BN5. The molecule has 6 aromatic rings. The second-order valence-electron chi connectivity index (χ2n) is 14.7. The Hall–Kier alpha value is -6.27. The minimum Gasteiger partial charge on any atom is -0.373 e. The maximum Gasteiger partial charge on any atom is 0.416 e. The summed E-state index contributed by atoms with van der Waals surface area (Å²) in [4.78, 5) is 17.9. The van der Waals surface area contributed by atoms with Gasteiger partial charge in [0.25, 0.3) is 0 Å². The van der Waals surface area contributed by atoms with Crippen molar-refractivity contribution in [2.45, 2.75) is 38.0 Å². The van der Waals surface area contributed by atoms with Crippen LogP contribution in [-0.4, -0.2) is 21.9 Å². The van der Waals surface area contributed by atoms with E-state index in [-0.39, 0.29) is 18.3 Å². The third-order valence-electron chi connectivity index (χ3n) is 11.3. The molecule has 1 aliphatic heterocycles. The maximum atomic E-state index is 5.20. The minimum absolute atomic E-state index is 0.140. The van der Waals surface area contributed by atoms with E-state index in [2.05, 4.69) is 163 Å². The molecule has 4 aliphatic rings. The fourth-order valence-electron chi connectivity index (χ4n) is 8.79. The molecule has 0 fully saturated rings. The number of nitrogens with one attached hydrogen (secondary N) is 1. The number of rotatable bonds is 6. The number of fused-ring (bicyclic) bond motifs is 6. The predicted molar refractivity (Wildman–Crippen MR) is 220 cm³/mol. The van der Waals surface area contributed by atoms with Crippen molar-refractivity contribution in [1.29, 1.82) is 0 Å². The molecule has 5 nitrogen and oxygen atoms in total. The van der Waals surface area contributed by atoms with Crippen LogP contribution in [0.5, 0.6) is 0 Å². The lowest BCUT2D eigenvalue weighted by molar-refractivity contribution is 0.660. The summed E-state index contributed by atoms with van der Waals surface area (Å²) in [5.41, 5.74) is 14.4. The van der Waals surface area contributed by atoms with Crippen LogP contribution in [0.15, 0.2) is 158 Å². The van der Waals surface area contributed by atoms with Crippen LogP contribution in [0.2, 0.25) is 0 Å². The van der Waals surface area contributed by atoms with Gasteiger partial charge in [-0.1, -0.05) is 160 Å². The van der Waals surface area contributed by atoms with Gasteiger partial charge in [-0.05, 0) is 63.8 Å². The van der Waals surface area contributed by atoms with E-state index >= 15 is 0 Å². The molecule has 1 N–H and O–H groups in total. The first-order valence-corrected chi connectivity index (χ1v) is 18.6. The standard InChI is InChI=1S/C47H38BN5/c1-47(2)38-27-13-11-24-37(38)42-39(47)28-16-30-41(42)53-40-29-14-12-23-35(40)36-26-15-25-34(31-17-9-10-18-31)43(36)48(53)52-46-50-44(32-19-5-3-6-20-32)49-45(51-46)33-21-7-4-8-22-33/h3-7,9-21,23-31H,8,22H2,1-2H3,(H,49,50,51,52). The van der Waals surface area contributed by atoms with Crippen molar-refractivity contribution in [3.05, 3.63) is 180 Å². The fraction of sp³-hybridized carbons (Fsp3) is 0.128. The molecule has 1 aromatic heterocycles. The van der Waals surface area contributed by atoms with E-state index < -0.39 is 0 Å². The maximum absolute atomic E-state index is 5.20. The van der Waals surface area contributed by atoms with E-state index in [0.717, 1.165) is 35.4 Å². The molecule has 5 aromatic carbocycles. The number of hydrogen-bond acceptors (Lipinski definition) is 5. The topological polar surface area (TPSA) is 53.9 Å². The summed E-state index contributed by atoms with van der Waals surface area (Å²) in [6.07, 6.45) is 17.2. The van der Waals surface area contributed by atoms with Crippen molar-refractivity contribution < 1.29 is 0 Å². The van der Waals surface area contributed by atoms with Gasteiger partial charge in [-0.25, -0.2) is 4.98 Å². The summed E-state index contributed by atoms with van der Waals surface area (Å²) in [5, 5.41) is 3.99. The van der Waals surface area contributed by atoms with Gasteiger partial charge in [0.2, 0.25) is 5.95 Å². The van der Waals surface area contributed by atoms with Crippen molar-refractivity contribution in [2.24, 2.45) is 0 Å². The molecule has 0 atom stereocenters. The smallest absolute Gasteiger partial charge is 0.373 e. The van der Waals surface area contributed by atoms with Crippen molar-refractivity contribution in [1.82, 2.24) is 15.0 Å². The first-order chi connectivity index (χ1) is 26.1. The van der Waals surface area contributed by atoms with Crippen LogP contribution in [0.3, 0.4) is 0 Å².